The van der Waals surface area contributed by atoms with Crippen LogP contribution in [0.4, 0.5) is 11.5 Å². The summed E-state index contributed by atoms with van der Waals surface area (Å²) in [6, 6.07) is 3.29. The van der Waals surface area contributed by atoms with Gasteiger partial charge in [0.05, 0.1) is 32.4 Å². The summed E-state index contributed by atoms with van der Waals surface area (Å²) >= 11 is 18.5. The van der Waals surface area contributed by atoms with E-state index in [1.807, 2.05) is 13.0 Å². The van der Waals surface area contributed by atoms with E-state index in [9.17, 15) is 4.79 Å². The van der Waals surface area contributed by atoms with Crippen molar-refractivity contribution >= 4 is 46.3 Å². The highest BCUT2D eigenvalue weighted by Crippen LogP contribution is 2.40. The fraction of sp³-hybridized carbons (Fsp3) is 0.375. The van der Waals surface area contributed by atoms with Crippen molar-refractivity contribution in [2.75, 3.05) is 5.32 Å². The molecular weight excluding hydrogens is 385 g/mol. The van der Waals surface area contributed by atoms with Crippen LogP contribution >= 0.6 is 34.8 Å². The summed E-state index contributed by atoms with van der Waals surface area (Å²) < 4.78 is 1.44. The van der Waals surface area contributed by atoms with E-state index in [-0.39, 0.29) is 43.7 Å². The molecule has 25 heavy (non-hydrogen) atoms. The van der Waals surface area contributed by atoms with Crippen LogP contribution in [0.2, 0.25) is 15.1 Å². The molecule has 1 aliphatic carbocycles. The Morgan fingerprint density at radius 2 is 2.04 bits per heavy atom. The number of benzene rings is 1. The molecule has 1 N–H and O–H groups in total. The van der Waals surface area contributed by atoms with E-state index in [0.717, 1.165) is 12.8 Å². The van der Waals surface area contributed by atoms with Gasteiger partial charge in [0, 0.05) is 0 Å². The van der Waals surface area contributed by atoms with Gasteiger partial charge in [0.1, 0.15) is 11.9 Å². The van der Waals surface area contributed by atoms with Gasteiger partial charge in [-0.1, -0.05) is 34.8 Å². The Hall–Kier alpha value is -1.81. The van der Waals surface area contributed by atoms with E-state index in [1.165, 1.54) is 10.7 Å². The lowest BCUT2D eigenvalue weighted by atomic mass is 10.2. The minimum absolute atomic E-state index is 0.00903. The number of aryl methyl sites for hydroxylation is 1. The average Bonchev–Trinajstić information content (AvgIpc) is 3.41. The third-order valence-electron chi connectivity index (χ3n) is 4.15. The quantitative estimate of drug-likeness (QED) is 0.767. The van der Waals surface area contributed by atoms with Crippen LogP contribution in [0.5, 0.6) is 0 Å². The van der Waals surface area contributed by atoms with Crippen molar-refractivity contribution in [2.24, 2.45) is 5.92 Å². The van der Waals surface area contributed by atoms with Crippen LogP contribution in [0.3, 0.4) is 0 Å². The molecule has 1 aromatic heterocycles. The molecule has 1 saturated carbocycles. The van der Waals surface area contributed by atoms with Gasteiger partial charge in [-0.25, -0.2) is 9.67 Å². The van der Waals surface area contributed by atoms with E-state index < -0.39 is 0 Å². The number of anilines is 2. The molecule has 0 spiro atoms. The van der Waals surface area contributed by atoms with Crippen LogP contribution in [-0.2, 0) is 0 Å². The zero-order valence-corrected chi connectivity index (χ0v) is 15.7. The van der Waals surface area contributed by atoms with Crippen molar-refractivity contribution in [1.29, 1.82) is 5.26 Å². The minimum atomic E-state index is -0.363. The number of nitriles is 1. The van der Waals surface area contributed by atoms with Gasteiger partial charge in [0.15, 0.2) is 0 Å². The average molecular weight is 399 g/mol. The molecule has 0 aliphatic heterocycles. The van der Waals surface area contributed by atoms with Crippen molar-refractivity contribution in [3.8, 4) is 6.07 Å². The lowest BCUT2D eigenvalue weighted by Gasteiger charge is -2.16. The lowest BCUT2D eigenvalue weighted by molar-refractivity contribution is 0.413. The molecule has 3 rings (SSSR count). The van der Waals surface area contributed by atoms with Crippen LogP contribution in [0.15, 0.2) is 10.9 Å². The Balaban J connectivity index is 2.06. The number of hydrogen-bond donors (Lipinski definition) is 1. The van der Waals surface area contributed by atoms with E-state index in [0.29, 0.717) is 11.7 Å². The molecule has 1 aliphatic rings. The smallest absolute Gasteiger partial charge is 0.310 e. The first-order valence-corrected chi connectivity index (χ1v) is 8.79. The molecule has 6 nitrogen and oxygen atoms in total. The normalized spacial score (nSPS) is 14.9. The number of nitrogens with zero attached hydrogens (tertiary/aromatic N) is 4. The van der Waals surface area contributed by atoms with Gasteiger partial charge in [-0.05, 0) is 38.7 Å². The van der Waals surface area contributed by atoms with Gasteiger partial charge in [-0.2, -0.15) is 10.4 Å². The summed E-state index contributed by atoms with van der Waals surface area (Å²) in [5.41, 5.74) is 0.0200. The van der Waals surface area contributed by atoms with Crippen LogP contribution in [-0.4, -0.2) is 14.8 Å². The monoisotopic (exact) mass is 397 g/mol. The Bertz CT molecular complexity index is 946. The summed E-state index contributed by atoms with van der Waals surface area (Å²) in [6.07, 6.45) is 2.17. The largest absolute Gasteiger partial charge is 0.333 e. The van der Waals surface area contributed by atoms with Crippen LogP contribution < -0.4 is 10.9 Å². The molecule has 1 heterocycles. The van der Waals surface area contributed by atoms with E-state index in [4.69, 9.17) is 40.1 Å². The van der Waals surface area contributed by atoms with Gasteiger partial charge in [-0.15, -0.1) is 0 Å². The van der Waals surface area contributed by atoms with Crippen molar-refractivity contribution in [1.82, 2.24) is 14.8 Å². The highest BCUT2D eigenvalue weighted by Gasteiger charge is 2.31. The van der Waals surface area contributed by atoms with Crippen molar-refractivity contribution in [2.45, 2.75) is 32.7 Å². The highest BCUT2D eigenvalue weighted by molar-refractivity contribution is 6.46. The summed E-state index contributed by atoms with van der Waals surface area (Å²) in [4.78, 5) is 16.9. The molecule has 1 atom stereocenters. The number of hydrogen-bond acceptors (Lipinski definition) is 5. The third kappa shape index (κ3) is 3.45. The molecule has 1 aromatic carbocycles. The molecule has 0 radical (unpaired) electrons. The van der Waals surface area contributed by atoms with Crippen molar-refractivity contribution < 1.29 is 0 Å². The molecule has 0 bridgehead atoms. The highest BCUT2D eigenvalue weighted by atomic mass is 35.5. The van der Waals surface area contributed by atoms with Crippen molar-refractivity contribution in [3.63, 3.8) is 0 Å². The fourth-order valence-corrected chi connectivity index (χ4v) is 3.33. The molecular formula is C16H14Cl3N5O. The standard InChI is InChI=1S/C16H14Cl3N5O/c1-7(9-3-4-9)24-16(25)15(21-8(2)23-24)22-14-11(17)5-10(6-20)12(18)13(14)19/h5,7,9H,3-4H2,1-2H3,(H,21,22,23). The van der Waals surface area contributed by atoms with E-state index in [1.54, 1.807) is 6.92 Å². The molecule has 130 valence electrons. The molecule has 0 saturated heterocycles. The van der Waals surface area contributed by atoms with E-state index >= 15 is 0 Å². The first-order chi connectivity index (χ1) is 11.8. The number of aromatic nitrogens is 3. The summed E-state index contributed by atoms with van der Waals surface area (Å²) in [5.74, 6) is 0.961. The molecule has 0 amide bonds. The first kappa shape index (κ1) is 18.0. The molecule has 9 heteroatoms. The maximum atomic E-state index is 12.7. The van der Waals surface area contributed by atoms with Crippen LogP contribution in [0, 0.1) is 24.2 Å². The lowest BCUT2D eigenvalue weighted by Crippen LogP contribution is -2.30. The summed E-state index contributed by atoms with van der Waals surface area (Å²) in [6.45, 7) is 3.67. The molecule has 2 aromatic rings. The maximum Gasteiger partial charge on any atom is 0.310 e. The van der Waals surface area contributed by atoms with Gasteiger partial charge < -0.3 is 5.32 Å². The van der Waals surface area contributed by atoms with Gasteiger partial charge >= 0.3 is 5.56 Å². The van der Waals surface area contributed by atoms with E-state index in [2.05, 4.69) is 15.4 Å². The number of rotatable bonds is 4. The topological polar surface area (TPSA) is 83.6 Å². The zero-order chi connectivity index (χ0) is 18.3. The minimum Gasteiger partial charge on any atom is -0.333 e. The second kappa shape index (κ2) is 6.83. The van der Waals surface area contributed by atoms with Crippen LogP contribution in [0.25, 0.3) is 0 Å². The van der Waals surface area contributed by atoms with Gasteiger partial charge in [0.2, 0.25) is 5.82 Å². The van der Waals surface area contributed by atoms with Crippen molar-refractivity contribution in [3.05, 3.63) is 42.9 Å². The maximum absolute atomic E-state index is 12.7. The van der Waals surface area contributed by atoms with Gasteiger partial charge in [-0.3, -0.25) is 4.79 Å². The predicted molar refractivity (Wildman–Crippen MR) is 97.9 cm³/mol. The summed E-state index contributed by atoms with van der Waals surface area (Å²) in [5, 5.41) is 16.4. The van der Waals surface area contributed by atoms with Crippen LogP contribution in [0.1, 0.15) is 37.2 Å². The van der Waals surface area contributed by atoms with Gasteiger partial charge in [0.25, 0.3) is 0 Å². The summed E-state index contributed by atoms with van der Waals surface area (Å²) in [7, 11) is 0. The SMILES string of the molecule is Cc1nc(Nc2c(Cl)cc(C#N)c(Cl)c2Cl)c(=O)n(C(C)C2CC2)n1. The Morgan fingerprint density at radius 1 is 1.36 bits per heavy atom. The third-order valence-corrected chi connectivity index (χ3v) is 5.31. The Morgan fingerprint density at radius 3 is 2.64 bits per heavy atom. The second-order valence-corrected chi connectivity index (χ2v) is 7.14. The number of nitrogens with one attached hydrogen (secondary N) is 1. The second-order valence-electron chi connectivity index (χ2n) is 5.98. The molecule has 1 fully saturated rings. The molecule has 1 unspecified atom stereocenters. The Kier molecular flexibility index (Phi) is 4.92. The Labute approximate surface area is 159 Å². The zero-order valence-electron chi connectivity index (χ0n) is 13.5. The predicted octanol–water partition coefficient (Wildman–Crippen LogP) is 4.49. The first-order valence-electron chi connectivity index (χ1n) is 7.65. The fourth-order valence-electron chi connectivity index (χ4n) is 2.59. The number of halogens is 3.